The predicted octanol–water partition coefficient (Wildman–Crippen LogP) is 3.35. The van der Waals surface area contributed by atoms with Gasteiger partial charge in [-0.25, -0.2) is 4.79 Å². The van der Waals surface area contributed by atoms with Crippen molar-refractivity contribution in [3.8, 4) is 5.75 Å². The van der Waals surface area contributed by atoms with Crippen LogP contribution in [0.1, 0.15) is 25.7 Å². The molecule has 1 amide bonds. The molecule has 2 fully saturated rings. The van der Waals surface area contributed by atoms with E-state index in [0.29, 0.717) is 18.7 Å². The van der Waals surface area contributed by atoms with Gasteiger partial charge in [-0.05, 0) is 43.7 Å². The summed E-state index contributed by atoms with van der Waals surface area (Å²) >= 11 is 0. The molecule has 7 heteroatoms. The van der Waals surface area contributed by atoms with Gasteiger partial charge in [-0.3, -0.25) is 4.79 Å². The first kappa shape index (κ1) is 19.9. The van der Waals surface area contributed by atoms with E-state index in [1.807, 2.05) is 30.3 Å². The number of carboxylic acid groups (broad SMARTS) is 1. The van der Waals surface area contributed by atoms with E-state index in [-0.39, 0.29) is 11.9 Å². The van der Waals surface area contributed by atoms with Gasteiger partial charge in [0.25, 0.3) is 0 Å². The van der Waals surface area contributed by atoms with Crippen molar-refractivity contribution in [2.75, 3.05) is 20.2 Å². The summed E-state index contributed by atoms with van der Waals surface area (Å²) in [7, 11) is 1.63. The molecule has 2 atom stereocenters. The summed E-state index contributed by atoms with van der Waals surface area (Å²) in [5, 5.41) is 14.2. The number of carboxylic acids is 1. The Bertz CT molecular complexity index is 849. The van der Waals surface area contributed by atoms with Crippen LogP contribution in [0.25, 0.3) is 16.5 Å². The standard InChI is InChI=1S/C11H10NO.C10H16N2O3/c1-13-11-7-9(12)6-8-4-2-3-5-10(8)11;13-9(7-3-1-5-11-7)12-6-2-4-8(12)10(14)15/h2-7,12H,1H3;7-8,11H,1-6H2,(H,14,15)/q-1;/t;7-,8-/m.0/s1. The van der Waals surface area contributed by atoms with Crippen molar-refractivity contribution < 1.29 is 19.4 Å². The molecule has 7 nitrogen and oxygen atoms in total. The molecule has 2 aromatic carbocycles. The third-order valence-corrected chi connectivity index (χ3v) is 5.22. The zero-order valence-corrected chi connectivity index (χ0v) is 16.0. The predicted molar refractivity (Wildman–Crippen MR) is 108 cm³/mol. The summed E-state index contributed by atoms with van der Waals surface area (Å²) in [6.07, 6.45) is 3.23. The first-order chi connectivity index (χ1) is 13.5. The molecular weight excluding hydrogens is 358 g/mol. The quantitative estimate of drug-likeness (QED) is 0.845. The Morgan fingerprint density at radius 2 is 2.00 bits per heavy atom. The SMILES string of the molecule is COc1cc([NH-])cc2ccccc12.O=C(O)[C@@H]1CCCN1C(=O)[C@@H]1CCCN1. The lowest BCUT2D eigenvalue weighted by molar-refractivity contribution is -0.148. The van der Waals surface area contributed by atoms with E-state index < -0.39 is 12.0 Å². The zero-order chi connectivity index (χ0) is 20.1. The minimum Gasteiger partial charge on any atom is -0.699 e. The molecule has 0 aliphatic carbocycles. The summed E-state index contributed by atoms with van der Waals surface area (Å²) in [5.41, 5.74) is 8.02. The number of fused-ring (bicyclic) bond motifs is 1. The van der Waals surface area contributed by atoms with Gasteiger partial charge in [0.2, 0.25) is 5.91 Å². The lowest BCUT2D eigenvalue weighted by Crippen LogP contribution is -2.48. The molecular formula is C21H26N3O4-. The highest BCUT2D eigenvalue weighted by molar-refractivity contribution is 5.91. The smallest absolute Gasteiger partial charge is 0.326 e. The van der Waals surface area contributed by atoms with Crippen molar-refractivity contribution in [1.82, 2.24) is 10.2 Å². The minimum absolute atomic E-state index is 0.0302. The number of methoxy groups -OCH3 is 1. The second-order valence-corrected chi connectivity index (χ2v) is 7.08. The number of nitrogens with one attached hydrogen (secondary N) is 2. The summed E-state index contributed by atoms with van der Waals surface area (Å²) < 4.78 is 5.19. The lowest BCUT2D eigenvalue weighted by atomic mass is 10.1. The molecule has 28 heavy (non-hydrogen) atoms. The zero-order valence-electron chi connectivity index (χ0n) is 16.0. The second kappa shape index (κ2) is 8.93. The second-order valence-electron chi connectivity index (χ2n) is 7.08. The van der Waals surface area contributed by atoms with E-state index in [1.165, 1.54) is 4.90 Å². The van der Waals surface area contributed by atoms with Crippen molar-refractivity contribution >= 4 is 28.3 Å². The number of benzene rings is 2. The molecule has 2 aliphatic heterocycles. The van der Waals surface area contributed by atoms with Crippen LogP contribution in [0.5, 0.6) is 5.75 Å². The van der Waals surface area contributed by atoms with Crippen LogP contribution in [0, 0.1) is 0 Å². The highest BCUT2D eigenvalue weighted by atomic mass is 16.5. The Morgan fingerprint density at radius 1 is 1.21 bits per heavy atom. The number of rotatable bonds is 3. The number of hydrogen-bond acceptors (Lipinski definition) is 4. The van der Waals surface area contributed by atoms with Gasteiger partial charge in [0.15, 0.2) is 0 Å². The fraction of sp³-hybridized carbons (Fsp3) is 0.429. The molecule has 0 aromatic heterocycles. The maximum Gasteiger partial charge on any atom is 0.326 e. The molecule has 2 saturated heterocycles. The molecule has 2 heterocycles. The number of aliphatic carboxylic acids is 1. The van der Waals surface area contributed by atoms with Crippen LogP contribution in [0.15, 0.2) is 36.4 Å². The van der Waals surface area contributed by atoms with Crippen molar-refractivity contribution in [3.63, 3.8) is 0 Å². The van der Waals surface area contributed by atoms with Crippen molar-refractivity contribution in [3.05, 3.63) is 42.1 Å². The lowest BCUT2D eigenvalue weighted by Gasteiger charge is -2.24. The van der Waals surface area contributed by atoms with Crippen LogP contribution in [0.2, 0.25) is 0 Å². The van der Waals surface area contributed by atoms with Gasteiger partial charge in [-0.15, -0.1) is 5.69 Å². The van der Waals surface area contributed by atoms with Crippen molar-refractivity contribution in [2.45, 2.75) is 37.8 Å². The molecule has 0 saturated carbocycles. The van der Waals surface area contributed by atoms with Crippen LogP contribution < -0.4 is 10.1 Å². The molecule has 3 N–H and O–H groups in total. The van der Waals surface area contributed by atoms with Crippen LogP contribution in [0.4, 0.5) is 5.69 Å². The van der Waals surface area contributed by atoms with E-state index in [0.717, 1.165) is 42.3 Å². The summed E-state index contributed by atoms with van der Waals surface area (Å²) in [6.45, 7) is 1.45. The Labute approximate surface area is 164 Å². The van der Waals surface area contributed by atoms with E-state index in [9.17, 15) is 9.59 Å². The third kappa shape index (κ3) is 4.36. The highest BCUT2D eigenvalue weighted by Gasteiger charge is 2.37. The molecule has 2 aliphatic rings. The average Bonchev–Trinajstić information content (AvgIpc) is 3.39. The van der Waals surface area contributed by atoms with Gasteiger partial charge in [0.05, 0.1) is 13.2 Å². The number of nitrogens with zero attached hydrogens (tertiary/aromatic N) is 1. The van der Waals surface area contributed by atoms with Crippen LogP contribution in [0.3, 0.4) is 0 Å². The average molecular weight is 384 g/mol. The monoisotopic (exact) mass is 384 g/mol. The summed E-state index contributed by atoms with van der Waals surface area (Å²) in [5.74, 6) is -0.139. The number of carbonyl (C=O) groups excluding carboxylic acids is 1. The van der Waals surface area contributed by atoms with Crippen molar-refractivity contribution in [1.29, 1.82) is 0 Å². The molecule has 150 valence electrons. The van der Waals surface area contributed by atoms with Gasteiger partial charge in [0.1, 0.15) is 11.8 Å². The van der Waals surface area contributed by atoms with Crippen LogP contribution in [-0.2, 0) is 9.59 Å². The molecule has 0 spiro atoms. The van der Waals surface area contributed by atoms with Crippen molar-refractivity contribution in [2.24, 2.45) is 0 Å². The maximum absolute atomic E-state index is 12.0. The molecule has 0 bridgehead atoms. The van der Waals surface area contributed by atoms with E-state index >= 15 is 0 Å². The number of amides is 1. The molecule has 4 rings (SSSR count). The Morgan fingerprint density at radius 3 is 2.68 bits per heavy atom. The largest absolute Gasteiger partial charge is 0.699 e. The topological polar surface area (TPSA) is 103 Å². The number of likely N-dealkylation sites (tertiary alicyclic amines) is 1. The fourth-order valence-corrected chi connectivity index (χ4v) is 3.83. The first-order valence-electron chi connectivity index (χ1n) is 9.56. The van der Waals surface area contributed by atoms with E-state index in [4.69, 9.17) is 15.6 Å². The normalized spacial score (nSPS) is 21.2. The van der Waals surface area contributed by atoms with Gasteiger partial charge in [-0.2, -0.15) is 0 Å². The Hall–Kier alpha value is -2.80. The third-order valence-electron chi connectivity index (χ3n) is 5.22. The number of carbonyl (C=O) groups is 2. The van der Waals surface area contributed by atoms with E-state index in [1.54, 1.807) is 13.2 Å². The Kier molecular flexibility index (Phi) is 6.36. The molecule has 0 radical (unpaired) electrons. The maximum atomic E-state index is 12.0. The highest BCUT2D eigenvalue weighted by Crippen LogP contribution is 2.30. The number of hydrogen-bond donors (Lipinski definition) is 2. The van der Waals surface area contributed by atoms with E-state index in [2.05, 4.69) is 5.32 Å². The number of ether oxygens (including phenoxy) is 1. The van der Waals surface area contributed by atoms with Gasteiger partial charge < -0.3 is 25.8 Å². The summed E-state index contributed by atoms with van der Waals surface area (Å²) in [6, 6.07) is 10.7. The molecule has 2 aromatic rings. The Balaban J connectivity index is 0.000000162. The first-order valence-corrected chi connectivity index (χ1v) is 9.56. The van der Waals surface area contributed by atoms with Crippen LogP contribution in [-0.4, -0.2) is 54.2 Å². The minimum atomic E-state index is -0.876. The fourth-order valence-electron chi connectivity index (χ4n) is 3.83. The van der Waals surface area contributed by atoms with Crippen LogP contribution >= 0.6 is 0 Å². The molecule has 0 unspecified atom stereocenters. The summed E-state index contributed by atoms with van der Waals surface area (Å²) in [4.78, 5) is 24.4. The van der Waals surface area contributed by atoms with Gasteiger partial charge in [-0.1, -0.05) is 30.3 Å². The van der Waals surface area contributed by atoms with Gasteiger partial charge >= 0.3 is 5.97 Å². The van der Waals surface area contributed by atoms with Gasteiger partial charge in [0, 0.05) is 11.9 Å².